The van der Waals surface area contributed by atoms with E-state index in [9.17, 15) is 0 Å². The van der Waals surface area contributed by atoms with Gasteiger partial charge in [-0.1, -0.05) is 0 Å². The number of aromatic nitrogens is 2. The number of hydrogen-bond acceptors (Lipinski definition) is 4. The molecule has 0 amide bonds. The van der Waals surface area contributed by atoms with Gasteiger partial charge in [0.15, 0.2) is 0 Å². The first-order chi connectivity index (χ1) is 8.28. The molecule has 1 aliphatic rings. The molecule has 0 saturated heterocycles. The van der Waals surface area contributed by atoms with Crippen molar-refractivity contribution in [1.29, 1.82) is 0 Å². The molecule has 0 fully saturated rings. The minimum atomic E-state index is 0.334. The van der Waals surface area contributed by atoms with Crippen LogP contribution in [0.1, 0.15) is 17.3 Å². The zero-order chi connectivity index (χ0) is 11.8. The van der Waals surface area contributed by atoms with Gasteiger partial charge >= 0.3 is 0 Å². The van der Waals surface area contributed by atoms with Crippen LogP contribution in [-0.2, 0) is 0 Å². The molecule has 0 radical (unpaired) electrons. The summed E-state index contributed by atoms with van der Waals surface area (Å²) in [6.45, 7) is 3.75. The predicted octanol–water partition coefficient (Wildman–Crippen LogP) is 2.24. The Morgan fingerprint density at radius 2 is 2.47 bits per heavy atom. The Bertz CT molecular complexity index is 528. The summed E-state index contributed by atoms with van der Waals surface area (Å²) >= 11 is 1.78. The molecule has 3 N–H and O–H groups in total. The molecule has 1 aliphatic heterocycles. The summed E-state index contributed by atoms with van der Waals surface area (Å²) in [5, 5.41) is 8.04. The third-order valence-corrected chi connectivity index (χ3v) is 4.15. The summed E-state index contributed by atoms with van der Waals surface area (Å²) in [5.74, 6) is 1.09. The van der Waals surface area contributed by atoms with Crippen molar-refractivity contribution in [1.82, 2.24) is 9.78 Å². The van der Waals surface area contributed by atoms with E-state index < -0.39 is 0 Å². The van der Waals surface area contributed by atoms with Crippen LogP contribution in [0, 0.1) is 6.92 Å². The molecule has 0 aliphatic carbocycles. The van der Waals surface area contributed by atoms with Gasteiger partial charge in [-0.2, -0.15) is 5.10 Å². The van der Waals surface area contributed by atoms with E-state index in [1.165, 1.54) is 9.75 Å². The number of hydrogen-bond donors (Lipinski definition) is 2. The Morgan fingerprint density at radius 3 is 3.18 bits per heavy atom. The highest BCUT2D eigenvalue weighted by molar-refractivity contribution is 7.15. The molecule has 3 rings (SSSR count). The molecular formula is C12H16N4S. The summed E-state index contributed by atoms with van der Waals surface area (Å²) in [4.78, 5) is 2.54. The van der Waals surface area contributed by atoms with Crippen molar-refractivity contribution in [3.05, 3.63) is 23.1 Å². The normalized spacial score (nSPS) is 18.8. The minimum Gasteiger partial charge on any atom is -0.370 e. The molecule has 1 atom stereocenters. The number of anilines is 1. The number of thiophene rings is 1. The van der Waals surface area contributed by atoms with Gasteiger partial charge in [-0.25, -0.2) is 4.68 Å². The van der Waals surface area contributed by atoms with E-state index in [4.69, 9.17) is 5.73 Å². The molecule has 0 saturated carbocycles. The Balaban J connectivity index is 2.01. The van der Waals surface area contributed by atoms with Crippen LogP contribution in [0.5, 0.6) is 0 Å². The highest BCUT2D eigenvalue weighted by Crippen LogP contribution is 2.31. The largest absolute Gasteiger partial charge is 0.370 e. The Labute approximate surface area is 104 Å². The topological polar surface area (TPSA) is 55.9 Å². The standard InChI is InChI=1S/C12H16N4S/c1-8-2-3-11(17-8)10-6-12-14-5-4-9(7-13)16(12)15-10/h2-3,6,9,14H,4-5,7,13H2,1H3. The smallest absolute Gasteiger partial charge is 0.125 e. The maximum atomic E-state index is 5.78. The van der Waals surface area contributed by atoms with E-state index in [-0.39, 0.29) is 0 Å². The quantitative estimate of drug-likeness (QED) is 0.857. The van der Waals surface area contributed by atoms with Crippen LogP contribution in [-0.4, -0.2) is 22.9 Å². The van der Waals surface area contributed by atoms with Crippen LogP contribution in [0.25, 0.3) is 10.6 Å². The van der Waals surface area contributed by atoms with Gasteiger partial charge in [0, 0.05) is 24.0 Å². The van der Waals surface area contributed by atoms with E-state index in [0.29, 0.717) is 12.6 Å². The second kappa shape index (κ2) is 4.16. The molecule has 90 valence electrons. The Morgan fingerprint density at radius 1 is 1.59 bits per heavy atom. The second-order valence-corrected chi connectivity index (χ2v) is 5.66. The number of nitrogens with zero attached hydrogens (tertiary/aromatic N) is 2. The van der Waals surface area contributed by atoms with Crippen molar-refractivity contribution in [3.8, 4) is 10.6 Å². The molecule has 1 unspecified atom stereocenters. The third-order valence-electron chi connectivity index (χ3n) is 3.13. The van der Waals surface area contributed by atoms with Crippen LogP contribution in [0.3, 0.4) is 0 Å². The second-order valence-electron chi connectivity index (χ2n) is 4.37. The number of aryl methyl sites for hydroxylation is 1. The molecule has 3 heterocycles. The van der Waals surface area contributed by atoms with E-state index in [2.05, 4.69) is 35.5 Å². The molecule has 0 aromatic carbocycles. The van der Waals surface area contributed by atoms with Gasteiger partial charge < -0.3 is 11.1 Å². The summed E-state index contributed by atoms with van der Waals surface area (Å²) in [7, 11) is 0. The average Bonchev–Trinajstić information content (AvgIpc) is 2.93. The fraction of sp³-hybridized carbons (Fsp3) is 0.417. The van der Waals surface area contributed by atoms with Crippen LogP contribution in [0.4, 0.5) is 5.82 Å². The summed E-state index contributed by atoms with van der Waals surface area (Å²) < 4.78 is 2.04. The van der Waals surface area contributed by atoms with Gasteiger partial charge in [0.2, 0.25) is 0 Å². The molecule has 2 aromatic heterocycles. The molecular weight excluding hydrogens is 232 g/mol. The Kier molecular flexibility index (Phi) is 2.64. The zero-order valence-electron chi connectivity index (χ0n) is 9.81. The lowest BCUT2D eigenvalue weighted by molar-refractivity contribution is 0.429. The number of rotatable bonds is 2. The molecule has 0 bridgehead atoms. The molecule has 2 aromatic rings. The zero-order valence-corrected chi connectivity index (χ0v) is 10.6. The van der Waals surface area contributed by atoms with Crippen molar-refractivity contribution in [2.24, 2.45) is 5.73 Å². The lowest BCUT2D eigenvalue weighted by Crippen LogP contribution is -2.28. The van der Waals surface area contributed by atoms with Crippen molar-refractivity contribution in [3.63, 3.8) is 0 Å². The maximum Gasteiger partial charge on any atom is 0.125 e. The van der Waals surface area contributed by atoms with Crippen molar-refractivity contribution in [2.45, 2.75) is 19.4 Å². The van der Waals surface area contributed by atoms with Crippen molar-refractivity contribution in [2.75, 3.05) is 18.4 Å². The van der Waals surface area contributed by atoms with E-state index in [1.807, 2.05) is 4.68 Å². The highest BCUT2D eigenvalue weighted by Gasteiger charge is 2.21. The molecule has 0 spiro atoms. The third kappa shape index (κ3) is 1.85. The number of fused-ring (bicyclic) bond motifs is 1. The van der Waals surface area contributed by atoms with E-state index in [0.717, 1.165) is 24.5 Å². The van der Waals surface area contributed by atoms with E-state index in [1.54, 1.807) is 11.3 Å². The van der Waals surface area contributed by atoms with Gasteiger partial charge in [-0.3, -0.25) is 0 Å². The Hall–Kier alpha value is -1.33. The average molecular weight is 248 g/mol. The van der Waals surface area contributed by atoms with Crippen molar-refractivity contribution < 1.29 is 0 Å². The van der Waals surface area contributed by atoms with Crippen LogP contribution in [0.2, 0.25) is 0 Å². The van der Waals surface area contributed by atoms with Crippen LogP contribution < -0.4 is 11.1 Å². The first kappa shape index (κ1) is 10.8. The lowest BCUT2D eigenvalue weighted by atomic mass is 10.2. The van der Waals surface area contributed by atoms with Gasteiger partial charge in [0.05, 0.1) is 10.9 Å². The summed E-state index contributed by atoms with van der Waals surface area (Å²) in [6.07, 6.45) is 1.05. The lowest BCUT2D eigenvalue weighted by Gasteiger charge is -2.24. The predicted molar refractivity (Wildman–Crippen MR) is 71.5 cm³/mol. The van der Waals surface area contributed by atoms with Crippen LogP contribution in [0.15, 0.2) is 18.2 Å². The highest BCUT2D eigenvalue weighted by atomic mass is 32.1. The first-order valence-corrected chi connectivity index (χ1v) is 6.70. The summed E-state index contributed by atoms with van der Waals surface area (Å²) in [6, 6.07) is 6.71. The SMILES string of the molecule is Cc1ccc(-c2cc3n(n2)C(CN)CCN3)s1. The fourth-order valence-electron chi connectivity index (χ4n) is 2.20. The maximum absolute atomic E-state index is 5.78. The van der Waals surface area contributed by atoms with Crippen LogP contribution >= 0.6 is 11.3 Å². The summed E-state index contributed by atoms with van der Waals surface area (Å²) in [5.41, 5.74) is 6.83. The molecule has 17 heavy (non-hydrogen) atoms. The van der Waals surface area contributed by atoms with Gasteiger partial charge in [-0.15, -0.1) is 11.3 Å². The van der Waals surface area contributed by atoms with Crippen molar-refractivity contribution >= 4 is 17.2 Å². The van der Waals surface area contributed by atoms with Gasteiger partial charge in [0.25, 0.3) is 0 Å². The van der Waals surface area contributed by atoms with E-state index >= 15 is 0 Å². The molecule has 5 heteroatoms. The van der Waals surface area contributed by atoms with Gasteiger partial charge in [0.1, 0.15) is 11.5 Å². The molecule has 4 nitrogen and oxygen atoms in total. The minimum absolute atomic E-state index is 0.334. The van der Waals surface area contributed by atoms with Gasteiger partial charge in [-0.05, 0) is 25.5 Å². The first-order valence-electron chi connectivity index (χ1n) is 5.88. The fourth-order valence-corrected chi connectivity index (χ4v) is 3.03. The monoisotopic (exact) mass is 248 g/mol. The number of nitrogens with two attached hydrogens (primary N) is 1. The number of nitrogens with one attached hydrogen (secondary N) is 1.